The largest absolute Gasteiger partial charge is 0.461 e. The van der Waals surface area contributed by atoms with Gasteiger partial charge >= 0.3 is 5.97 Å². The molecule has 2 N–H and O–H groups in total. The minimum atomic E-state index is -0.881. The molecule has 0 saturated carbocycles. The highest BCUT2D eigenvalue weighted by Crippen LogP contribution is 2.43. The SMILES string of the molecule is CC(C)OC(=O)C1(CBr)NCC(C)(C)c2c1[nH]c1ccccc21. The minimum Gasteiger partial charge on any atom is -0.461 e. The fourth-order valence-electron chi connectivity index (χ4n) is 3.37. The molecule has 0 spiro atoms. The van der Waals surface area contributed by atoms with Crippen molar-refractivity contribution in [1.82, 2.24) is 10.3 Å². The first-order chi connectivity index (χ1) is 10.8. The lowest BCUT2D eigenvalue weighted by molar-refractivity contribution is -0.155. The van der Waals surface area contributed by atoms with Crippen LogP contribution in [-0.2, 0) is 20.5 Å². The van der Waals surface area contributed by atoms with Gasteiger partial charge in [0.15, 0.2) is 5.54 Å². The van der Waals surface area contributed by atoms with E-state index < -0.39 is 5.54 Å². The molecule has 1 atom stereocenters. The Labute approximate surface area is 145 Å². The van der Waals surface area contributed by atoms with Crippen molar-refractivity contribution in [2.75, 3.05) is 11.9 Å². The van der Waals surface area contributed by atoms with Crippen LogP contribution in [0.5, 0.6) is 0 Å². The Bertz CT molecular complexity index is 751. The third-order valence-corrected chi connectivity index (χ3v) is 5.37. The Morgan fingerprint density at radius 3 is 2.70 bits per heavy atom. The van der Waals surface area contributed by atoms with Crippen LogP contribution in [0.1, 0.15) is 39.0 Å². The zero-order chi connectivity index (χ0) is 16.8. The number of halogens is 1. The van der Waals surface area contributed by atoms with Crippen molar-refractivity contribution in [2.45, 2.75) is 44.8 Å². The number of aromatic amines is 1. The maximum atomic E-state index is 12.9. The molecule has 1 aromatic heterocycles. The Morgan fingerprint density at radius 2 is 2.04 bits per heavy atom. The van der Waals surface area contributed by atoms with E-state index in [-0.39, 0.29) is 17.5 Å². The maximum absolute atomic E-state index is 12.9. The number of esters is 1. The molecular weight excluding hydrogens is 356 g/mol. The molecule has 5 heteroatoms. The van der Waals surface area contributed by atoms with E-state index in [2.05, 4.69) is 52.2 Å². The van der Waals surface area contributed by atoms with Gasteiger partial charge in [-0.25, -0.2) is 4.79 Å². The number of ether oxygens (including phenoxy) is 1. The number of nitrogens with one attached hydrogen (secondary N) is 2. The summed E-state index contributed by atoms with van der Waals surface area (Å²) in [7, 11) is 0. The van der Waals surface area contributed by atoms with Gasteiger partial charge < -0.3 is 9.72 Å². The maximum Gasteiger partial charge on any atom is 0.333 e. The van der Waals surface area contributed by atoms with E-state index in [1.54, 1.807) is 0 Å². The summed E-state index contributed by atoms with van der Waals surface area (Å²) in [6, 6.07) is 8.21. The van der Waals surface area contributed by atoms with E-state index in [9.17, 15) is 4.79 Å². The van der Waals surface area contributed by atoms with Gasteiger partial charge in [0.2, 0.25) is 0 Å². The summed E-state index contributed by atoms with van der Waals surface area (Å²) >= 11 is 3.54. The summed E-state index contributed by atoms with van der Waals surface area (Å²) < 4.78 is 5.55. The molecule has 2 aromatic rings. The van der Waals surface area contributed by atoms with Crippen molar-refractivity contribution >= 4 is 32.8 Å². The molecular formula is C18H23BrN2O2. The number of para-hydroxylation sites is 1. The van der Waals surface area contributed by atoms with Gasteiger partial charge in [-0.2, -0.15) is 0 Å². The summed E-state index contributed by atoms with van der Waals surface area (Å²) in [5, 5.41) is 5.08. The second-order valence-corrected chi connectivity index (χ2v) is 7.71. The van der Waals surface area contributed by atoms with Gasteiger partial charge in [0.25, 0.3) is 0 Å². The molecule has 0 radical (unpaired) electrons. The van der Waals surface area contributed by atoms with E-state index >= 15 is 0 Å². The number of rotatable bonds is 3. The summed E-state index contributed by atoms with van der Waals surface area (Å²) in [5.74, 6) is -0.243. The zero-order valence-corrected chi connectivity index (χ0v) is 15.6. The van der Waals surface area contributed by atoms with Crippen molar-refractivity contribution in [1.29, 1.82) is 0 Å². The minimum absolute atomic E-state index is 0.0707. The number of aromatic nitrogens is 1. The average Bonchev–Trinajstić information content (AvgIpc) is 2.88. The number of benzene rings is 1. The van der Waals surface area contributed by atoms with Crippen LogP contribution in [0.3, 0.4) is 0 Å². The van der Waals surface area contributed by atoms with Crippen molar-refractivity contribution in [3.05, 3.63) is 35.5 Å². The van der Waals surface area contributed by atoms with Crippen LogP contribution in [0.4, 0.5) is 0 Å². The standard InChI is InChI=1S/C18H23BrN2O2/c1-11(2)23-16(22)18(9-19)15-14(17(3,4)10-20-18)12-7-5-6-8-13(12)21-15/h5-8,11,20-21H,9-10H2,1-4H3. The topological polar surface area (TPSA) is 54.1 Å². The molecule has 4 nitrogen and oxygen atoms in total. The third-order valence-electron chi connectivity index (χ3n) is 4.53. The Balaban J connectivity index is 2.25. The molecule has 1 aliphatic heterocycles. The first kappa shape index (κ1) is 16.5. The zero-order valence-electron chi connectivity index (χ0n) is 14.0. The molecule has 124 valence electrons. The number of H-pyrrole nitrogens is 1. The molecule has 0 saturated heterocycles. The van der Waals surface area contributed by atoms with Gasteiger partial charge in [-0.1, -0.05) is 48.0 Å². The highest BCUT2D eigenvalue weighted by atomic mass is 79.9. The van der Waals surface area contributed by atoms with Crippen LogP contribution in [-0.4, -0.2) is 28.9 Å². The monoisotopic (exact) mass is 378 g/mol. The van der Waals surface area contributed by atoms with Crippen LogP contribution in [0.2, 0.25) is 0 Å². The van der Waals surface area contributed by atoms with Crippen molar-refractivity contribution in [3.63, 3.8) is 0 Å². The highest BCUT2D eigenvalue weighted by molar-refractivity contribution is 9.09. The predicted molar refractivity (Wildman–Crippen MR) is 96.0 cm³/mol. The van der Waals surface area contributed by atoms with E-state index in [1.165, 1.54) is 10.9 Å². The van der Waals surface area contributed by atoms with E-state index in [4.69, 9.17) is 4.74 Å². The molecule has 0 amide bonds. The van der Waals surface area contributed by atoms with E-state index in [0.717, 1.165) is 11.2 Å². The molecule has 1 aliphatic rings. The predicted octanol–water partition coefficient (Wildman–Crippen LogP) is 3.59. The number of carbonyl (C=O) groups is 1. The quantitative estimate of drug-likeness (QED) is 0.633. The molecule has 3 rings (SSSR count). The van der Waals surface area contributed by atoms with Crippen LogP contribution in [0.15, 0.2) is 24.3 Å². The summed E-state index contributed by atoms with van der Waals surface area (Å²) in [6.45, 7) is 8.86. The van der Waals surface area contributed by atoms with Crippen LogP contribution < -0.4 is 5.32 Å². The number of fused-ring (bicyclic) bond motifs is 3. The first-order valence-electron chi connectivity index (χ1n) is 7.95. The first-order valence-corrected chi connectivity index (χ1v) is 9.08. The second kappa shape index (κ2) is 5.64. The summed E-state index contributed by atoms with van der Waals surface area (Å²) in [4.78, 5) is 16.4. The number of alkyl halides is 1. The molecule has 0 bridgehead atoms. The number of hydrogen-bond donors (Lipinski definition) is 2. The molecule has 1 aromatic carbocycles. The van der Waals surface area contributed by atoms with Crippen LogP contribution in [0, 0.1) is 0 Å². The van der Waals surface area contributed by atoms with E-state index in [0.29, 0.717) is 11.9 Å². The lowest BCUT2D eigenvalue weighted by Crippen LogP contribution is -2.59. The van der Waals surface area contributed by atoms with Gasteiger partial charge in [-0.15, -0.1) is 0 Å². The van der Waals surface area contributed by atoms with Gasteiger partial charge in [0.05, 0.1) is 11.8 Å². The summed E-state index contributed by atoms with van der Waals surface area (Å²) in [5.41, 5.74) is 2.22. The van der Waals surface area contributed by atoms with Gasteiger partial charge in [0, 0.05) is 28.2 Å². The average molecular weight is 379 g/mol. The van der Waals surface area contributed by atoms with Crippen molar-refractivity contribution < 1.29 is 9.53 Å². The smallest absolute Gasteiger partial charge is 0.333 e. The van der Waals surface area contributed by atoms with Crippen LogP contribution in [0.25, 0.3) is 10.9 Å². The molecule has 23 heavy (non-hydrogen) atoms. The fraction of sp³-hybridized carbons (Fsp3) is 0.500. The lowest BCUT2D eigenvalue weighted by atomic mass is 9.74. The summed E-state index contributed by atoms with van der Waals surface area (Å²) in [6.07, 6.45) is -0.150. The normalized spacial score (nSPS) is 23.0. The Morgan fingerprint density at radius 1 is 1.35 bits per heavy atom. The molecule has 1 unspecified atom stereocenters. The van der Waals surface area contributed by atoms with Crippen molar-refractivity contribution in [2.24, 2.45) is 0 Å². The lowest BCUT2D eigenvalue weighted by Gasteiger charge is -2.42. The van der Waals surface area contributed by atoms with E-state index in [1.807, 2.05) is 26.0 Å². The van der Waals surface area contributed by atoms with Gasteiger partial charge in [-0.3, -0.25) is 5.32 Å². The fourth-order valence-corrected chi connectivity index (χ4v) is 4.08. The molecule has 0 aliphatic carbocycles. The molecule has 2 heterocycles. The molecule has 0 fully saturated rings. The van der Waals surface area contributed by atoms with Gasteiger partial charge in [-0.05, 0) is 25.5 Å². The highest BCUT2D eigenvalue weighted by Gasteiger charge is 2.50. The van der Waals surface area contributed by atoms with Crippen LogP contribution >= 0.6 is 15.9 Å². The number of hydrogen-bond acceptors (Lipinski definition) is 3. The number of carbonyl (C=O) groups excluding carboxylic acids is 1. The Kier molecular flexibility index (Phi) is 4.05. The second-order valence-electron chi connectivity index (χ2n) is 7.15. The van der Waals surface area contributed by atoms with Gasteiger partial charge in [0.1, 0.15) is 0 Å². The van der Waals surface area contributed by atoms with Crippen molar-refractivity contribution in [3.8, 4) is 0 Å². The third kappa shape index (κ3) is 2.50. The Hall–Kier alpha value is -1.33.